The van der Waals surface area contributed by atoms with Crippen LogP contribution >= 0.6 is 0 Å². The molecular weight excluding hydrogens is 444 g/mol. The molecule has 0 spiro atoms. The first-order chi connectivity index (χ1) is 16.9. The van der Waals surface area contributed by atoms with E-state index >= 15 is 0 Å². The van der Waals surface area contributed by atoms with Gasteiger partial charge in [0.25, 0.3) is 11.8 Å². The third-order valence-corrected chi connectivity index (χ3v) is 6.76. The first-order valence-electron chi connectivity index (χ1n) is 11.5. The van der Waals surface area contributed by atoms with Crippen LogP contribution in [0, 0.1) is 13.8 Å². The molecule has 0 atom stereocenters. The zero-order chi connectivity index (χ0) is 24.3. The minimum atomic E-state index is -0.168. The van der Waals surface area contributed by atoms with Gasteiger partial charge in [-0.1, -0.05) is 0 Å². The molecule has 2 amide bonds. The monoisotopic (exact) mass is 468 g/mol. The van der Waals surface area contributed by atoms with E-state index in [9.17, 15) is 9.59 Å². The number of anilines is 2. The Kier molecular flexibility index (Phi) is 4.86. The number of fused-ring (bicyclic) bond motifs is 8. The second-order valence-corrected chi connectivity index (χ2v) is 8.96. The third kappa shape index (κ3) is 3.45. The van der Waals surface area contributed by atoms with E-state index in [4.69, 9.17) is 14.9 Å². The number of hydrogen-bond acceptors (Lipinski definition) is 6. The first-order valence-corrected chi connectivity index (χ1v) is 11.5. The maximum absolute atomic E-state index is 12.9. The third-order valence-electron chi connectivity index (χ3n) is 6.76. The van der Waals surface area contributed by atoms with Gasteiger partial charge in [0, 0.05) is 51.6 Å². The summed E-state index contributed by atoms with van der Waals surface area (Å²) in [6.07, 6.45) is 0. The number of nitrogens with one attached hydrogen (secondary N) is 1. The van der Waals surface area contributed by atoms with E-state index in [1.54, 1.807) is 4.90 Å². The van der Waals surface area contributed by atoms with Crippen LogP contribution in [-0.4, -0.2) is 36.6 Å². The molecule has 2 bridgehead atoms. The Bertz CT molecular complexity index is 1610. The van der Waals surface area contributed by atoms with Crippen molar-refractivity contribution in [2.75, 3.05) is 30.4 Å². The summed E-state index contributed by atoms with van der Waals surface area (Å²) in [4.78, 5) is 31.3. The molecule has 0 unspecified atom stereocenters. The Hall–Kier alpha value is -4.17. The average Bonchev–Trinajstić information content (AvgIpc) is 3.40. The van der Waals surface area contributed by atoms with E-state index in [0.29, 0.717) is 31.1 Å². The number of ether oxygens (including phenoxy) is 1. The van der Waals surface area contributed by atoms with Crippen LogP contribution in [0.4, 0.5) is 11.5 Å². The average molecular weight is 469 g/mol. The van der Waals surface area contributed by atoms with Crippen molar-refractivity contribution in [2.45, 2.75) is 20.4 Å². The Morgan fingerprint density at radius 2 is 1.80 bits per heavy atom. The molecule has 3 aromatic heterocycles. The molecule has 1 fully saturated rings. The maximum Gasteiger partial charge on any atom is 0.253 e. The second-order valence-electron chi connectivity index (χ2n) is 8.96. The summed E-state index contributed by atoms with van der Waals surface area (Å²) < 4.78 is 11.4. The summed E-state index contributed by atoms with van der Waals surface area (Å²) in [6.45, 7) is 5.38. The molecule has 8 nitrogen and oxygen atoms in total. The number of aromatic nitrogens is 1. The van der Waals surface area contributed by atoms with Gasteiger partial charge in [0.05, 0.1) is 6.61 Å². The molecule has 1 aliphatic rings. The number of pyridine rings is 1. The molecule has 0 aliphatic carbocycles. The second kappa shape index (κ2) is 7.95. The number of morpholine rings is 1. The lowest BCUT2D eigenvalue weighted by molar-refractivity contribution is -0.125. The molecule has 6 rings (SSSR count). The molecule has 5 aromatic rings. The van der Waals surface area contributed by atoms with E-state index in [0.717, 1.165) is 55.2 Å². The smallest absolute Gasteiger partial charge is 0.253 e. The van der Waals surface area contributed by atoms with Crippen LogP contribution < -0.4 is 16.0 Å². The lowest BCUT2D eigenvalue weighted by atomic mass is 10.0. The minimum absolute atomic E-state index is 0.0471. The van der Waals surface area contributed by atoms with Crippen molar-refractivity contribution in [1.82, 2.24) is 10.3 Å². The van der Waals surface area contributed by atoms with Crippen LogP contribution in [0.1, 0.15) is 27.2 Å². The van der Waals surface area contributed by atoms with Crippen LogP contribution in [-0.2, 0) is 16.1 Å². The highest BCUT2D eigenvalue weighted by Gasteiger charge is 2.23. The lowest BCUT2D eigenvalue weighted by Gasteiger charge is -2.26. The van der Waals surface area contributed by atoms with Gasteiger partial charge >= 0.3 is 0 Å². The molecule has 0 saturated carbocycles. The lowest BCUT2D eigenvalue weighted by Crippen LogP contribution is -2.41. The summed E-state index contributed by atoms with van der Waals surface area (Å²) in [6, 6.07) is 13.3. The van der Waals surface area contributed by atoms with Gasteiger partial charge in [-0.05, 0) is 67.4 Å². The summed E-state index contributed by atoms with van der Waals surface area (Å²) in [7, 11) is 0. The van der Waals surface area contributed by atoms with Crippen LogP contribution in [0.15, 0.2) is 46.9 Å². The van der Waals surface area contributed by atoms with Crippen molar-refractivity contribution in [1.29, 1.82) is 0 Å². The highest BCUT2D eigenvalue weighted by atomic mass is 16.5. The normalized spacial score (nSPS) is 14.5. The van der Waals surface area contributed by atoms with Crippen LogP contribution in [0.5, 0.6) is 0 Å². The number of benzene rings is 3. The Balaban J connectivity index is 1.31. The van der Waals surface area contributed by atoms with Gasteiger partial charge in [0.2, 0.25) is 0 Å². The summed E-state index contributed by atoms with van der Waals surface area (Å²) in [5.74, 6) is 0.259. The Labute approximate surface area is 201 Å². The van der Waals surface area contributed by atoms with Gasteiger partial charge in [-0.3, -0.25) is 9.59 Å². The largest absolute Gasteiger partial charge is 0.455 e. The van der Waals surface area contributed by atoms with Crippen molar-refractivity contribution in [2.24, 2.45) is 0 Å². The molecular formula is C27H24N4O4. The summed E-state index contributed by atoms with van der Waals surface area (Å²) in [5.41, 5.74) is 11.5. The molecule has 1 saturated heterocycles. The SMILES string of the molecule is Cc1cc(N)nc(C)c1CNC(=O)c1ccc2c(c1)c1oc2c2cc(N3CCOCC3=O)ccc21. The summed E-state index contributed by atoms with van der Waals surface area (Å²) >= 11 is 0. The minimum Gasteiger partial charge on any atom is -0.455 e. The highest BCUT2D eigenvalue weighted by Crippen LogP contribution is 2.42. The quantitative estimate of drug-likeness (QED) is 0.385. The molecule has 3 N–H and O–H groups in total. The van der Waals surface area contributed by atoms with Crippen LogP contribution in [0.2, 0.25) is 0 Å². The Morgan fingerprint density at radius 1 is 1.06 bits per heavy atom. The van der Waals surface area contributed by atoms with Crippen LogP contribution in [0.3, 0.4) is 0 Å². The van der Waals surface area contributed by atoms with E-state index in [-0.39, 0.29) is 18.4 Å². The molecule has 2 aromatic carbocycles. The fourth-order valence-electron chi connectivity index (χ4n) is 4.99. The zero-order valence-electron chi connectivity index (χ0n) is 19.5. The van der Waals surface area contributed by atoms with Gasteiger partial charge < -0.3 is 25.1 Å². The number of carbonyl (C=O) groups is 2. The molecule has 35 heavy (non-hydrogen) atoms. The van der Waals surface area contributed by atoms with Crippen molar-refractivity contribution in [3.63, 3.8) is 0 Å². The molecule has 1 aliphatic heterocycles. The molecule has 4 heterocycles. The van der Waals surface area contributed by atoms with Crippen molar-refractivity contribution in [3.8, 4) is 0 Å². The van der Waals surface area contributed by atoms with E-state index in [1.807, 2.05) is 56.3 Å². The van der Waals surface area contributed by atoms with Gasteiger partial charge in [0.1, 0.15) is 23.6 Å². The summed E-state index contributed by atoms with van der Waals surface area (Å²) in [5, 5.41) is 6.77. The Morgan fingerprint density at radius 3 is 2.54 bits per heavy atom. The fraction of sp³-hybridized carbons (Fsp3) is 0.222. The predicted molar refractivity (Wildman–Crippen MR) is 135 cm³/mol. The number of amides is 2. The van der Waals surface area contributed by atoms with Crippen molar-refractivity contribution < 1.29 is 18.7 Å². The number of nitrogen functional groups attached to an aromatic ring is 1. The molecule has 8 heteroatoms. The first kappa shape index (κ1) is 21.4. The number of hydrogen-bond donors (Lipinski definition) is 2. The van der Waals surface area contributed by atoms with Crippen molar-refractivity contribution >= 4 is 56.0 Å². The number of nitrogens with zero attached hydrogens (tertiary/aromatic N) is 2. The topological polar surface area (TPSA) is 111 Å². The van der Waals surface area contributed by atoms with Gasteiger partial charge in [-0.25, -0.2) is 4.98 Å². The highest BCUT2D eigenvalue weighted by molar-refractivity contribution is 6.26. The standard InChI is InChI=1S/C27H24N4O4/c1-14-9-23(28)30-15(2)22(14)12-29-27(33)16-3-5-18-20(10-16)25-19-6-4-17(11-21(19)26(18)35-25)31-7-8-34-13-24(31)32/h3-6,9-11H,7-8,12-13H2,1-2H3,(H2,28,30)(H,29,33). The van der Waals surface area contributed by atoms with Gasteiger partial charge in [-0.15, -0.1) is 0 Å². The van der Waals surface area contributed by atoms with Crippen molar-refractivity contribution in [3.05, 3.63) is 64.8 Å². The van der Waals surface area contributed by atoms with Crippen LogP contribution in [0.25, 0.3) is 32.7 Å². The van der Waals surface area contributed by atoms with E-state index in [1.165, 1.54) is 0 Å². The predicted octanol–water partition coefficient (Wildman–Crippen LogP) is 4.06. The number of furan rings is 2. The molecule has 0 radical (unpaired) electrons. The fourth-order valence-corrected chi connectivity index (χ4v) is 4.99. The van der Waals surface area contributed by atoms with E-state index in [2.05, 4.69) is 10.3 Å². The number of carbonyl (C=O) groups excluding carboxylic acids is 2. The molecule has 176 valence electrons. The van der Waals surface area contributed by atoms with Gasteiger partial charge in [-0.2, -0.15) is 0 Å². The maximum atomic E-state index is 12.9. The zero-order valence-corrected chi connectivity index (χ0v) is 19.5. The van der Waals surface area contributed by atoms with E-state index < -0.39 is 0 Å². The number of rotatable bonds is 4. The van der Waals surface area contributed by atoms with Gasteiger partial charge in [0.15, 0.2) is 0 Å². The number of nitrogens with two attached hydrogens (primary N) is 1. The number of aryl methyl sites for hydroxylation is 2.